The van der Waals surface area contributed by atoms with Crippen molar-refractivity contribution in [1.82, 2.24) is 0 Å². The Hall–Kier alpha value is -1.06. The van der Waals surface area contributed by atoms with Gasteiger partial charge in [-0.15, -0.1) is 0 Å². The molecule has 0 saturated heterocycles. The fraction of sp³-hybridized carbons (Fsp3) is 0.375. The standard InChI is InChI=1S/C8H10F3N/c1-4-6(3)12-7(5-2)8(9,10)11/h4-5H,2H2,1,3H3/b6-4-,12-7?. The van der Waals surface area contributed by atoms with Gasteiger partial charge in [0.05, 0.1) is 0 Å². The highest BCUT2D eigenvalue weighted by molar-refractivity contribution is 5.99. The monoisotopic (exact) mass is 177 g/mol. The highest BCUT2D eigenvalue weighted by atomic mass is 19.4. The van der Waals surface area contributed by atoms with Crippen LogP contribution in [0.25, 0.3) is 0 Å². The number of allylic oxidation sites excluding steroid dienone is 3. The summed E-state index contributed by atoms with van der Waals surface area (Å²) in [5.41, 5.74) is -0.639. The quantitative estimate of drug-likeness (QED) is 0.574. The second-order valence-corrected chi connectivity index (χ2v) is 2.13. The molecule has 0 unspecified atom stereocenters. The molecule has 0 rings (SSSR count). The van der Waals surface area contributed by atoms with Crippen LogP contribution < -0.4 is 0 Å². The molecule has 0 heterocycles. The molecule has 0 aromatic rings. The second-order valence-electron chi connectivity index (χ2n) is 2.13. The molecule has 0 amide bonds. The summed E-state index contributed by atoms with van der Waals surface area (Å²) in [6.07, 6.45) is -2.21. The number of alkyl halides is 3. The SMILES string of the molecule is C=CC(=N/C(C)=C\C)C(F)(F)F. The Morgan fingerprint density at radius 2 is 1.92 bits per heavy atom. The molecule has 0 aliphatic rings. The van der Waals surface area contributed by atoms with Gasteiger partial charge in [0.15, 0.2) is 0 Å². The summed E-state index contributed by atoms with van der Waals surface area (Å²) >= 11 is 0. The molecule has 12 heavy (non-hydrogen) atoms. The highest BCUT2D eigenvalue weighted by Crippen LogP contribution is 2.19. The third kappa shape index (κ3) is 3.37. The predicted octanol–water partition coefficient (Wildman–Crippen LogP) is 3.10. The van der Waals surface area contributed by atoms with Crippen molar-refractivity contribution in [2.24, 2.45) is 4.99 Å². The Kier molecular flexibility index (Phi) is 3.73. The first-order valence-electron chi connectivity index (χ1n) is 3.33. The largest absolute Gasteiger partial charge is 0.433 e. The molecule has 1 nitrogen and oxygen atoms in total. The summed E-state index contributed by atoms with van der Waals surface area (Å²) in [6, 6.07) is 0. The molecule has 0 bridgehead atoms. The molecule has 4 heteroatoms. The maximum Gasteiger partial charge on any atom is 0.433 e. The molecule has 0 aliphatic heterocycles. The third-order valence-corrected chi connectivity index (χ3v) is 1.20. The van der Waals surface area contributed by atoms with Gasteiger partial charge < -0.3 is 0 Å². The normalized spacial score (nSPS) is 14.8. The van der Waals surface area contributed by atoms with Gasteiger partial charge in [-0.1, -0.05) is 12.7 Å². The van der Waals surface area contributed by atoms with Gasteiger partial charge in [0.2, 0.25) is 0 Å². The molecule has 0 N–H and O–H groups in total. The maximum atomic E-state index is 12.0. The summed E-state index contributed by atoms with van der Waals surface area (Å²) in [7, 11) is 0. The molecule has 0 saturated carbocycles. The average molecular weight is 177 g/mol. The van der Waals surface area contributed by atoms with Crippen LogP contribution in [0, 0.1) is 0 Å². The van der Waals surface area contributed by atoms with Crippen LogP contribution in [0.5, 0.6) is 0 Å². The number of hydrogen-bond acceptors (Lipinski definition) is 1. The smallest absolute Gasteiger partial charge is 0.249 e. The Morgan fingerprint density at radius 1 is 1.42 bits per heavy atom. The number of aliphatic imine (C=N–C) groups is 1. The summed E-state index contributed by atoms with van der Waals surface area (Å²) in [4.78, 5) is 3.32. The Balaban J connectivity index is 4.80. The Labute approximate surface area is 69.3 Å². The lowest BCUT2D eigenvalue weighted by Crippen LogP contribution is -2.20. The first-order valence-corrected chi connectivity index (χ1v) is 3.33. The van der Waals surface area contributed by atoms with E-state index in [1.807, 2.05) is 0 Å². The van der Waals surface area contributed by atoms with Gasteiger partial charge in [-0.3, -0.25) is 0 Å². The number of rotatable bonds is 2. The van der Waals surface area contributed by atoms with Gasteiger partial charge in [-0.2, -0.15) is 13.2 Å². The van der Waals surface area contributed by atoms with Gasteiger partial charge in [-0.25, -0.2) is 4.99 Å². The zero-order valence-electron chi connectivity index (χ0n) is 6.94. The molecule has 0 radical (unpaired) electrons. The molecular formula is C8H10F3N. The van der Waals surface area contributed by atoms with E-state index in [1.165, 1.54) is 13.0 Å². The topological polar surface area (TPSA) is 12.4 Å². The van der Waals surface area contributed by atoms with Crippen LogP contribution in [0.4, 0.5) is 13.2 Å². The van der Waals surface area contributed by atoms with E-state index in [-0.39, 0.29) is 0 Å². The van der Waals surface area contributed by atoms with E-state index < -0.39 is 11.9 Å². The molecular weight excluding hydrogens is 167 g/mol. The van der Waals surface area contributed by atoms with E-state index in [0.29, 0.717) is 11.8 Å². The van der Waals surface area contributed by atoms with Gasteiger partial charge in [-0.05, 0) is 19.9 Å². The fourth-order valence-electron chi connectivity index (χ4n) is 0.479. The third-order valence-electron chi connectivity index (χ3n) is 1.20. The molecule has 0 aliphatic carbocycles. The lowest BCUT2D eigenvalue weighted by molar-refractivity contribution is -0.0577. The molecule has 0 aromatic heterocycles. The fourth-order valence-corrected chi connectivity index (χ4v) is 0.479. The van der Waals surface area contributed by atoms with E-state index >= 15 is 0 Å². The van der Waals surface area contributed by atoms with Crippen molar-refractivity contribution in [2.75, 3.05) is 0 Å². The number of hydrogen-bond donors (Lipinski definition) is 0. The minimum absolute atomic E-state index is 0.322. The van der Waals surface area contributed by atoms with Crippen molar-refractivity contribution in [3.05, 3.63) is 24.4 Å². The summed E-state index contributed by atoms with van der Waals surface area (Å²) in [5.74, 6) is 0. The lowest BCUT2D eigenvalue weighted by atomic mass is 10.3. The second kappa shape index (κ2) is 4.09. The van der Waals surface area contributed by atoms with Crippen LogP contribution in [-0.4, -0.2) is 11.9 Å². The molecule has 0 spiro atoms. The molecule has 0 aromatic carbocycles. The molecule has 68 valence electrons. The molecule has 0 fully saturated rings. The summed E-state index contributed by atoms with van der Waals surface area (Å²) < 4.78 is 36.0. The minimum Gasteiger partial charge on any atom is -0.249 e. The Morgan fingerprint density at radius 3 is 2.17 bits per heavy atom. The zero-order valence-corrected chi connectivity index (χ0v) is 6.94. The van der Waals surface area contributed by atoms with Crippen LogP contribution in [0.3, 0.4) is 0 Å². The van der Waals surface area contributed by atoms with Crippen LogP contribution in [0.1, 0.15) is 13.8 Å². The van der Waals surface area contributed by atoms with Crippen molar-refractivity contribution >= 4 is 5.71 Å². The minimum atomic E-state index is -4.41. The first-order chi connectivity index (χ1) is 5.41. The highest BCUT2D eigenvalue weighted by Gasteiger charge is 2.33. The van der Waals surface area contributed by atoms with Gasteiger partial charge in [0, 0.05) is 5.70 Å². The van der Waals surface area contributed by atoms with E-state index in [4.69, 9.17) is 0 Å². The van der Waals surface area contributed by atoms with E-state index in [1.54, 1.807) is 6.92 Å². The van der Waals surface area contributed by atoms with Gasteiger partial charge >= 0.3 is 6.18 Å². The van der Waals surface area contributed by atoms with Crippen molar-refractivity contribution in [3.8, 4) is 0 Å². The molecule has 0 atom stereocenters. The van der Waals surface area contributed by atoms with Crippen molar-refractivity contribution < 1.29 is 13.2 Å². The lowest BCUT2D eigenvalue weighted by Gasteiger charge is -2.05. The van der Waals surface area contributed by atoms with Crippen LogP contribution in [-0.2, 0) is 0 Å². The van der Waals surface area contributed by atoms with Gasteiger partial charge in [0.25, 0.3) is 0 Å². The van der Waals surface area contributed by atoms with E-state index in [2.05, 4.69) is 11.6 Å². The van der Waals surface area contributed by atoms with Gasteiger partial charge in [0.1, 0.15) is 5.71 Å². The van der Waals surface area contributed by atoms with Crippen molar-refractivity contribution in [1.29, 1.82) is 0 Å². The average Bonchev–Trinajstić information content (AvgIpc) is 1.97. The summed E-state index contributed by atoms with van der Waals surface area (Å²) in [5, 5.41) is 0. The maximum absolute atomic E-state index is 12.0. The van der Waals surface area contributed by atoms with Crippen LogP contribution >= 0.6 is 0 Å². The summed E-state index contributed by atoms with van der Waals surface area (Å²) in [6.45, 7) is 6.15. The van der Waals surface area contributed by atoms with E-state index in [9.17, 15) is 13.2 Å². The first kappa shape index (κ1) is 10.9. The number of halogens is 3. The van der Waals surface area contributed by atoms with Crippen molar-refractivity contribution in [2.45, 2.75) is 20.0 Å². The Bertz CT molecular complexity index is 223. The van der Waals surface area contributed by atoms with Crippen molar-refractivity contribution in [3.63, 3.8) is 0 Å². The number of nitrogens with zero attached hydrogens (tertiary/aromatic N) is 1. The van der Waals surface area contributed by atoms with E-state index in [0.717, 1.165) is 0 Å². The van der Waals surface area contributed by atoms with Crippen LogP contribution in [0.2, 0.25) is 0 Å². The predicted molar refractivity (Wildman–Crippen MR) is 43.1 cm³/mol. The van der Waals surface area contributed by atoms with Crippen LogP contribution in [0.15, 0.2) is 29.4 Å². The zero-order chi connectivity index (χ0) is 9.78.